The van der Waals surface area contributed by atoms with Crippen molar-refractivity contribution in [3.05, 3.63) is 58.3 Å². The fraction of sp³-hybridized carbons (Fsp3) is 0.375. The number of nitrogens with one attached hydrogen (secondary N) is 2. The number of carbonyl (C=O) groups is 1. The van der Waals surface area contributed by atoms with Crippen molar-refractivity contribution in [1.29, 1.82) is 5.26 Å². The second kappa shape index (κ2) is 10.4. The maximum Gasteiger partial charge on any atom is 0.419 e. The van der Waals surface area contributed by atoms with Gasteiger partial charge in [-0.25, -0.2) is 9.18 Å². The van der Waals surface area contributed by atoms with Crippen molar-refractivity contribution in [3.63, 3.8) is 0 Å². The Morgan fingerprint density at radius 2 is 2.09 bits per heavy atom. The molecule has 2 heterocycles. The zero-order valence-corrected chi connectivity index (χ0v) is 19.7. The maximum absolute atomic E-state index is 14.9. The largest absolute Gasteiger partial charge is 0.419 e. The molecule has 3 aromatic rings. The van der Waals surface area contributed by atoms with E-state index in [0.29, 0.717) is 35.4 Å². The topological polar surface area (TPSA) is 109 Å². The van der Waals surface area contributed by atoms with E-state index < -0.39 is 29.6 Å². The summed E-state index contributed by atoms with van der Waals surface area (Å²) in [5.41, 5.74) is 2.72. The van der Waals surface area contributed by atoms with Gasteiger partial charge in [-0.1, -0.05) is 18.2 Å². The summed E-state index contributed by atoms with van der Waals surface area (Å²) in [6.07, 6.45) is 1.31. The van der Waals surface area contributed by atoms with Gasteiger partial charge in [0.2, 0.25) is 0 Å². The number of halogens is 1. The molecule has 0 bridgehead atoms. The van der Waals surface area contributed by atoms with Gasteiger partial charge in [-0.15, -0.1) is 0 Å². The van der Waals surface area contributed by atoms with Crippen molar-refractivity contribution in [2.45, 2.75) is 23.8 Å². The molecule has 0 aliphatic carbocycles. The van der Waals surface area contributed by atoms with Crippen molar-refractivity contribution in [2.24, 2.45) is 7.05 Å². The first kappa shape index (κ1) is 24.0. The smallest absolute Gasteiger partial charge is 0.408 e. The Morgan fingerprint density at radius 1 is 1.32 bits per heavy atom. The van der Waals surface area contributed by atoms with E-state index >= 15 is 0 Å². The van der Waals surface area contributed by atoms with Crippen LogP contribution in [0.3, 0.4) is 0 Å². The van der Waals surface area contributed by atoms with Crippen LogP contribution >= 0.6 is 11.8 Å². The van der Waals surface area contributed by atoms with Crippen molar-refractivity contribution in [3.8, 4) is 17.2 Å². The number of nitriles is 1. The molecule has 1 aliphatic rings. The monoisotopic (exact) mass is 484 g/mol. The molecule has 0 radical (unpaired) electrons. The van der Waals surface area contributed by atoms with Gasteiger partial charge in [0.05, 0.1) is 18.2 Å². The molecule has 1 aliphatic heterocycles. The van der Waals surface area contributed by atoms with Crippen molar-refractivity contribution >= 4 is 28.8 Å². The van der Waals surface area contributed by atoms with E-state index in [9.17, 15) is 19.2 Å². The number of amides is 1. The Bertz CT molecular complexity index is 1300. The first-order chi connectivity index (χ1) is 16.4. The molecule has 2 aromatic carbocycles. The summed E-state index contributed by atoms with van der Waals surface area (Å²) in [6.45, 7) is 1.54. The molecule has 4 rings (SSSR count). The third-order valence-electron chi connectivity index (χ3n) is 5.88. The third kappa shape index (κ3) is 5.17. The maximum atomic E-state index is 14.9. The molecule has 2 N–H and O–H groups in total. The Kier molecular flexibility index (Phi) is 7.36. The van der Waals surface area contributed by atoms with Crippen LogP contribution in [0.4, 0.5) is 4.39 Å². The number of aryl methyl sites for hydroxylation is 1. The second-order valence-corrected chi connectivity index (χ2v) is 9.29. The SMILES string of the molecule is CSC1CNC[C@@H](C(=O)N[C@H](C#N)Cc2ccc(-c3ccc4oc(=O)n(C)c4c3)cc2F)OC1. The molecule has 1 saturated heterocycles. The quantitative estimate of drug-likeness (QED) is 0.552. The minimum absolute atomic E-state index is 0.0250. The Balaban J connectivity index is 1.45. The number of nitrogens with zero attached hydrogens (tertiary/aromatic N) is 2. The minimum atomic E-state index is -0.896. The van der Waals surface area contributed by atoms with Crippen molar-refractivity contribution in [1.82, 2.24) is 15.2 Å². The van der Waals surface area contributed by atoms with Gasteiger partial charge in [0.25, 0.3) is 5.91 Å². The molecular weight excluding hydrogens is 459 g/mol. The summed E-state index contributed by atoms with van der Waals surface area (Å²) >= 11 is 1.66. The zero-order valence-electron chi connectivity index (χ0n) is 18.8. The number of aromatic nitrogens is 1. The van der Waals surface area contributed by atoms with Crippen LogP contribution in [0, 0.1) is 17.1 Å². The summed E-state index contributed by atoms with van der Waals surface area (Å²) in [4.78, 5) is 24.3. The van der Waals surface area contributed by atoms with Gasteiger partial charge in [-0.05, 0) is 41.1 Å². The normalized spacial score (nSPS) is 19.4. The molecule has 0 spiro atoms. The van der Waals surface area contributed by atoms with Crippen LogP contribution in [-0.4, -0.2) is 53.8 Å². The van der Waals surface area contributed by atoms with E-state index in [1.807, 2.05) is 12.3 Å². The highest BCUT2D eigenvalue weighted by atomic mass is 32.2. The number of oxazole rings is 1. The average Bonchev–Trinajstić information content (AvgIpc) is 3.00. The number of fused-ring (bicyclic) bond motifs is 1. The van der Waals surface area contributed by atoms with Crippen LogP contribution in [0.15, 0.2) is 45.6 Å². The molecule has 10 heteroatoms. The third-order valence-corrected chi connectivity index (χ3v) is 6.85. The van der Waals surface area contributed by atoms with E-state index in [1.54, 1.807) is 49.1 Å². The molecule has 34 heavy (non-hydrogen) atoms. The number of ether oxygens (including phenoxy) is 1. The lowest BCUT2D eigenvalue weighted by Crippen LogP contribution is -2.46. The molecule has 8 nitrogen and oxygen atoms in total. The van der Waals surface area contributed by atoms with E-state index in [2.05, 4.69) is 10.6 Å². The summed E-state index contributed by atoms with van der Waals surface area (Å²) in [5, 5.41) is 15.7. The van der Waals surface area contributed by atoms with Crippen LogP contribution in [0.2, 0.25) is 0 Å². The van der Waals surface area contributed by atoms with Gasteiger partial charge >= 0.3 is 5.76 Å². The van der Waals surface area contributed by atoms with Crippen LogP contribution in [-0.2, 0) is 23.0 Å². The highest BCUT2D eigenvalue weighted by Gasteiger charge is 2.26. The Morgan fingerprint density at radius 3 is 2.82 bits per heavy atom. The summed E-state index contributed by atoms with van der Waals surface area (Å²) in [6, 6.07) is 11.1. The lowest BCUT2D eigenvalue weighted by atomic mass is 10.00. The van der Waals surface area contributed by atoms with Gasteiger partial charge in [-0.2, -0.15) is 17.0 Å². The molecule has 1 unspecified atom stereocenters. The molecule has 0 saturated carbocycles. The van der Waals surface area contributed by atoms with E-state index in [0.717, 1.165) is 12.1 Å². The first-order valence-electron chi connectivity index (χ1n) is 10.8. The number of benzene rings is 2. The molecule has 1 amide bonds. The van der Waals surface area contributed by atoms with Crippen molar-refractivity contribution in [2.75, 3.05) is 26.0 Å². The molecule has 1 fully saturated rings. The van der Waals surface area contributed by atoms with Crippen molar-refractivity contribution < 1.29 is 18.3 Å². The minimum Gasteiger partial charge on any atom is -0.408 e. The number of thioether (sulfide) groups is 1. The highest BCUT2D eigenvalue weighted by Crippen LogP contribution is 2.26. The number of rotatable bonds is 6. The first-order valence-corrected chi connectivity index (χ1v) is 12.1. The molecular formula is C24H25FN4O4S. The number of carbonyl (C=O) groups excluding carboxylic acids is 1. The number of hydrogen-bond donors (Lipinski definition) is 2. The van der Waals surface area contributed by atoms with Crippen LogP contribution in [0.25, 0.3) is 22.2 Å². The van der Waals surface area contributed by atoms with Gasteiger partial charge in [0.15, 0.2) is 5.58 Å². The molecule has 178 valence electrons. The van der Waals surface area contributed by atoms with Gasteiger partial charge < -0.3 is 19.8 Å². The predicted molar refractivity (Wildman–Crippen MR) is 128 cm³/mol. The van der Waals surface area contributed by atoms with Gasteiger partial charge in [0, 0.05) is 31.8 Å². The lowest BCUT2D eigenvalue weighted by Gasteiger charge is -2.18. The second-order valence-electron chi connectivity index (χ2n) is 8.15. The number of hydrogen-bond acceptors (Lipinski definition) is 7. The lowest BCUT2D eigenvalue weighted by molar-refractivity contribution is -0.132. The van der Waals surface area contributed by atoms with E-state index in [1.165, 1.54) is 10.6 Å². The molecule has 1 aromatic heterocycles. The van der Waals surface area contributed by atoms with Crippen LogP contribution in [0.5, 0.6) is 0 Å². The summed E-state index contributed by atoms with van der Waals surface area (Å²) in [7, 11) is 1.61. The van der Waals surface area contributed by atoms with Crippen LogP contribution < -0.4 is 16.4 Å². The zero-order chi connectivity index (χ0) is 24.2. The Labute approximate surface area is 200 Å². The fourth-order valence-electron chi connectivity index (χ4n) is 3.85. The fourth-order valence-corrected chi connectivity index (χ4v) is 4.35. The molecule has 3 atom stereocenters. The van der Waals surface area contributed by atoms with E-state index in [4.69, 9.17) is 9.15 Å². The van der Waals surface area contributed by atoms with Crippen LogP contribution in [0.1, 0.15) is 5.56 Å². The summed E-state index contributed by atoms with van der Waals surface area (Å²) in [5.74, 6) is -1.34. The Hall–Kier alpha value is -3.13. The standard InChI is InChI=1S/C24H25FN4O4S/c1-29-20-9-15(5-6-21(20)33-24(29)31)14-3-4-16(19(25)8-14)7-17(10-26)28-23(30)22-12-27-11-18(34-2)13-32-22/h3-6,8-9,17-18,22,27H,7,11-13H2,1-2H3,(H,28,30)/t17-,18?,22-/m0/s1. The predicted octanol–water partition coefficient (Wildman–Crippen LogP) is 2.21. The van der Waals surface area contributed by atoms with Gasteiger partial charge in [0.1, 0.15) is 18.0 Å². The highest BCUT2D eigenvalue weighted by molar-refractivity contribution is 7.99. The average molecular weight is 485 g/mol. The summed E-state index contributed by atoms with van der Waals surface area (Å²) < 4.78 is 27.1. The van der Waals surface area contributed by atoms with E-state index in [-0.39, 0.29) is 11.7 Å². The van der Waals surface area contributed by atoms with Gasteiger partial charge in [-0.3, -0.25) is 9.36 Å².